The molecule has 1 atom stereocenters. The fourth-order valence-electron chi connectivity index (χ4n) is 1.26. The molecule has 0 radical (unpaired) electrons. The molecule has 1 aromatic rings. The minimum absolute atomic E-state index is 0.101. The van der Waals surface area contributed by atoms with Gasteiger partial charge in [-0.2, -0.15) is 0 Å². The first kappa shape index (κ1) is 10.7. The lowest BCUT2D eigenvalue weighted by Crippen LogP contribution is -2.26. The summed E-state index contributed by atoms with van der Waals surface area (Å²) in [5.41, 5.74) is 6.27. The van der Waals surface area contributed by atoms with Crippen molar-refractivity contribution in [2.45, 2.75) is 18.9 Å². The van der Waals surface area contributed by atoms with Crippen LogP contribution in [0, 0.1) is 5.82 Å². The van der Waals surface area contributed by atoms with Crippen LogP contribution in [-0.2, 0) is 11.2 Å². The molecular weight excluding hydrogens is 185 g/mol. The molecule has 14 heavy (non-hydrogen) atoms. The monoisotopic (exact) mass is 197 g/mol. The van der Waals surface area contributed by atoms with Crippen molar-refractivity contribution in [2.24, 2.45) is 5.73 Å². The van der Waals surface area contributed by atoms with Crippen LogP contribution in [-0.4, -0.2) is 17.1 Å². The first-order chi connectivity index (χ1) is 6.58. The molecule has 1 rings (SSSR count). The third-order valence-electron chi connectivity index (χ3n) is 1.82. The number of benzene rings is 1. The first-order valence-electron chi connectivity index (χ1n) is 4.30. The van der Waals surface area contributed by atoms with Gasteiger partial charge in [0.15, 0.2) is 0 Å². The standard InChI is InChI=1S/C10H12FNO2/c11-8-3-1-2-7(4-8)5-9(12)6-10(13)14/h1-4,9H,5-6,12H2,(H,13,14)/t9-/m1/s1. The third kappa shape index (κ3) is 3.53. The average Bonchev–Trinajstić information content (AvgIpc) is 2.01. The number of carboxylic acid groups (broad SMARTS) is 1. The van der Waals surface area contributed by atoms with Gasteiger partial charge in [0.1, 0.15) is 5.82 Å². The zero-order valence-electron chi connectivity index (χ0n) is 7.61. The lowest BCUT2D eigenvalue weighted by molar-refractivity contribution is -0.137. The van der Waals surface area contributed by atoms with Gasteiger partial charge < -0.3 is 10.8 Å². The van der Waals surface area contributed by atoms with Gasteiger partial charge in [0.2, 0.25) is 0 Å². The molecule has 0 saturated heterocycles. The second kappa shape index (κ2) is 4.72. The number of nitrogens with two attached hydrogens (primary N) is 1. The van der Waals surface area contributed by atoms with Crippen LogP contribution < -0.4 is 5.73 Å². The van der Waals surface area contributed by atoms with Crippen molar-refractivity contribution in [1.82, 2.24) is 0 Å². The summed E-state index contributed by atoms with van der Waals surface area (Å²) in [6.45, 7) is 0. The summed E-state index contributed by atoms with van der Waals surface area (Å²) in [5.74, 6) is -1.26. The molecule has 0 saturated carbocycles. The summed E-state index contributed by atoms with van der Waals surface area (Å²) < 4.78 is 12.7. The van der Waals surface area contributed by atoms with Gasteiger partial charge in [0.25, 0.3) is 0 Å². The smallest absolute Gasteiger partial charge is 0.304 e. The zero-order valence-corrected chi connectivity index (χ0v) is 7.61. The summed E-state index contributed by atoms with van der Waals surface area (Å²) in [5, 5.41) is 8.46. The molecule has 4 heteroatoms. The molecule has 3 N–H and O–H groups in total. The molecule has 0 aliphatic carbocycles. The number of hydrogen-bond donors (Lipinski definition) is 2. The zero-order chi connectivity index (χ0) is 10.6. The number of carbonyl (C=O) groups is 1. The molecule has 0 bridgehead atoms. The maximum atomic E-state index is 12.7. The molecule has 3 nitrogen and oxygen atoms in total. The number of aliphatic carboxylic acids is 1. The van der Waals surface area contributed by atoms with E-state index in [9.17, 15) is 9.18 Å². The van der Waals surface area contributed by atoms with Crippen molar-refractivity contribution in [2.75, 3.05) is 0 Å². The Morgan fingerprint density at radius 1 is 1.57 bits per heavy atom. The number of rotatable bonds is 4. The maximum Gasteiger partial charge on any atom is 0.304 e. The molecule has 0 amide bonds. The van der Waals surface area contributed by atoms with E-state index in [2.05, 4.69) is 0 Å². The maximum absolute atomic E-state index is 12.7. The second-order valence-electron chi connectivity index (χ2n) is 3.19. The van der Waals surface area contributed by atoms with Gasteiger partial charge in [0, 0.05) is 6.04 Å². The van der Waals surface area contributed by atoms with Crippen molar-refractivity contribution in [3.63, 3.8) is 0 Å². The fraction of sp³-hybridized carbons (Fsp3) is 0.300. The van der Waals surface area contributed by atoms with Crippen LogP contribution in [0.3, 0.4) is 0 Å². The van der Waals surface area contributed by atoms with Crippen LogP contribution in [0.25, 0.3) is 0 Å². The van der Waals surface area contributed by atoms with Crippen molar-refractivity contribution < 1.29 is 14.3 Å². The van der Waals surface area contributed by atoms with Crippen molar-refractivity contribution in [3.05, 3.63) is 35.6 Å². The van der Waals surface area contributed by atoms with Gasteiger partial charge in [-0.25, -0.2) is 4.39 Å². The van der Waals surface area contributed by atoms with Gasteiger partial charge in [-0.05, 0) is 24.1 Å². The summed E-state index contributed by atoms with van der Waals surface area (Å²) in [7, 11) is 0. The topological polar surface area (TPSA) is 63.3 Å². The fourth-order valence-corrected chi connectivity index (χ4v) is 1.26. The van der Waals surface area contributed by atoms with Crippen LogP contribution in [0.5, 0.6) is 0 Å². The number of carboxylic acids is 1. The molecule has 76 valence electrons. The van der Waals surface area contributed by atoms with Gasteiger partial charge in [-0.3, -0.25) is 4.79 Å². The van der Waals surface area contributed by atoms with E-state index in [1.165, 1.54) is 12.1 Å². The summed E-state index contributed by atoms with van der Waals surface area (Å²) >= 11 is 0. The Balaban J connectivity index is 2.55. The largest absolute Gasteiger partial charge is 0.481 e. The van der Waals surface area contributed by atoms with E-state index >= 15 is 0 Å². The predicted octanol–water partition coefficient (Wildman–Crippen LogP) is 1.17. The van der Waals surface area contributed by atoms with Crippen molar-refractivity contribution >= 4 is 5.97 Å². The highest BCUT2D eigenvalue weighted by Crippen LogP contribution is 2.06. The molecule has 0 aliphatic rings. The third-order valence-corrected chi connectivity index (χ3v) is 1.82. The molecule has 0 fully saturated rings. The van der Waals surface area contributed by atoms with E-state index in [1.807, 2.05) is 0 Å². The molecule has 0 heterocycles. The average molecular weight is 197 g/mol. The van der Waals surface area contributed by atoms with Crippen LogP contribution >= 0.6 is 0 Å². The molecular formula is C10H12FNO2. The normalized spacial score (nSPS) is 12.4. The van der Waals surface area contributed by atoms with E-state index in [-0.39, 0.29) is 12.2 Å². The second-order valence-corrected chi connectivity index (χ2v) is 3.19. The van der Waals surface area contributed by atoms with Crippen LogP contribution in [0.2, 0.25) is 0 Å². The van der Waals surface area contributed by atoms with E-state index < -0.39 is 12.0 Å². The molecule has 1 aromatic carbocycles. The Morgan fingerprint density at radius 3 is 2.86 bits per heavy atom. The van der Waals surface area contributed by atoms with Gasteiger partial charge in [0.05, 0.1) is 6.42 Å². The lowest BCUT2D eigenvalue weighted by Gasteiger charge is -2.08. The summed E-state index contributed by atoms with van der Waals surface area (Å²) in [4.78, 5) is 10.3. The highest BCUT2D eigenvalue weighted by molar-refractivity contribution is 5.67. The van der Waals surface area contributed by atoms with Crippen molar-refractivity contribution in [1.29, 1.82) is 0 Å². The van der Waals surface area contributed by atoms with Crippen molar-refractivity contribution in [3.8, 4) is 0 Å². The van der Waals surface area contributed by atoms with Gasteiger partial charge >= 0.3 is 5.97 Å². The van der Waals surface area contributed by atoms with E-state index in [0.29, 0.717) is 6.42 Å². The van der Waals surface area contributed by atoms with Gasteiger partial charge in [-0.1, -0.05) is 12.1 Å². The number of hydrogen-bond acceptors (Lipinski definition) is 2. The molecule has 0 aliphatic heterocycles. The summed E-state index contributed by atoms with van der Waals surface area (Å²) in [6, 6.07) is 5.55. The van der Waals surface area contributed by atoms with Crippen LogP contribution in [0.15, 0.2) is 24.3 Å². The summed E-state index contributed by atoms with van der Waals surface area (Å²) in [6.07, 6.45) is 0.278. The minimum Gasteiger partial charge on any atom is -0.481 e. The molecule has 0 unspecified atom stereocenters. The Labute approximate surface area is 81.4 Å². The Bertz CT molecular complexity index is 328. The SMILES string of the molecule is N[C@@H](CC(=O)O)Cc1cccc(F)c1. The molecule has 0 spiro atoms. The highest BCUT2D eigenvalue weighted by atomic mass is 19.1. The first-order valence-corrected chi connectivity index (χ1v) is 4.30. The van der Waals surface area contributed by atoms with E-state index in [4.69, 9.17) is 10.8 Å². The van der Waals surface area contributed by atoms with E-state index in [0.717, 1.165) is 5.56 Å². The number of halogens is 1. The molecule has 0 aromatic heterocycles. The Kier molecular flexibility index (Phi) is 3.59. The lowest BCUT2D eigenvalue weighted by atomic mass is 10.0. The highest BCUT2D eigenvalue weighted by Gasteiger charge is 2.08. The Hall–Kier alpha value is -1.42. The van der Waals surface area contributed by atoms with Crippen LogP contribution in [0.4, 0.5) is 4.39 Å². The Morgan fingerprint density at radius 2 is 2.29 bits per heavy atom. The predicted molar refractivity (Wildman–Crippen MR) is 50.3 cm³/mol. The van der Waals surface area contributed by atoms with Crippen LogP contribution in [0.1, 0.15) is 12.0 Å². The van der Waals surface area contributed by atoms with Gasteiger partial charge in [-0.15, -0.1) is 0 Å². The van der Waals surface area contributed by atoms with E-state index in [1.54, 1.807) is 12.1 Å². The quantitative estimate of drug-likeness (QED) is 0.761. The minimum atomic E-state index is -0.936.